The molecule has 146 valence electrons. The lowest BCUT2D eigenvalue weighted by atomic mass is 9.49. The molecule has 1 unspecified atom stereocenters. The van der Waals surface area contributed by atoms with Crippen LogP contribution < -0.4 is 16.0 Å². The number of piperidine rings is 1. The summed E-state index contributed by atoms with van der Waals surface area (Å²) >= 11 is 0. The highest BCUT2D eigenvalue weighted by Crippen LogP contribution is 2.60. The van der Waals surface area contributed by atoms with Crippen molar-refractivity contribution in [1.29, 1.82) is 0 Å². The summed E-state index contributed by atoms with van der Waals surface area (Å²) in [6.07, 6.45) is 9.24. The molecule has 4 saturated carbocycles. The smallest absolute Gasteiger partial charge is 0.243 e. The molecule has 5 fully saturated rings. The Morgan fingerprint density at radius 2 is 1.65 bits per heavy atom. The van der Waals surface area contributed by atoms with Crippen LogP contribution >= 0.6 is 0 Å². The number of hydrogen-bond donors (Lipinski definition) is 3. The minimum atomic E-state index is -0.419. The highest BCUT2D eigenvalue weighted by molar-refractivity contribution is 5.90. The molecule has 4 aliphatic carbocycles. The molecular formula is C21H35N3O2. The molecule has 2 amide bonds. The summed E-state index contributed by atoms with van der Waals surface area (Å²) in [7, 11) is 0. The fourth-order valence-electron chi connectivity index (χ4n) is 6.48. The van der Waals surface area contributed by atoms with E-state index in [0.29, 0.717) is 0 Å². The zero-order chi connectivity index (χ0) is 18.3. The van der Waals surface area contributed by atoms with E-state index in [0.717, 1.165) is 62.9 Å². The Kier molecular flexibility index (Phi) is 5.02. The second-order valence-electron chi connectivity index (χ2n) is 9.94. The first-order chi connectivity index (χ1) is 12.4. The van der Waals surface area contributed by atoms with Crippen molar-refractivity contribution in [2.75, 3.05) is 13.1 Å². The van der Waals surface area contributed by atoms with Gasteiger partial charge in [-0.3, -0.25) is 9.59 Å². The van der Waals surface area contributed by atoms with E-state index in [1.807, 2.05) is 13.8 Å². The maximum absolute atomic E-state index is 13.3. The van der Waals surface area contributed by atoms with Gasteiger partial charge in [0.25, 0.3) is 0 Å². The normalized spacial score (nSPS) is 39.7. The third kappa shape index (κ3) is 3.51. The van der Waals surface area contributed by atoms with Gasteiger partial charge in [-0.15, -0.1) is 0 Å². The van der Waals surface area contributed by atoms with Crippen molar-refractivity contribution >= 4 is 11.8 Å². The molecule has 0 aromatic rings. The minimum absolute atomic E-state index is 0.00761. The fraction of sp³-hybridized carbons (Fsp3) is 0.905. The van der Waals surface area contributed by atoms with Crippen LogP contribution in [0, 0.1) is 29.1 Å². The van der Waals surface area contributed by atoms with E-state index in [-0.39, 0.29) is 29.2 Å². The van der Waals surface area contributed by atoms with E-state index in [4.69, 9.17) is 0 Å². The third-order valence-corrected chi connectivity index (χ3v) is 7.40. The molecular weight excluding hydrogens is 326 g/mol. The summed E-state index contributed by atoms with van der Waals surface area (Å²) in [5, 5.41) is 9.69. The molecule has 2 atom stereocenters. The lowest BCUT2D eigenvalue weighted by Crippen LogP contribution is -2.59. The molecule has 1 heterocycles. The zero-order valence-electron chi connectivity index (χ0n) is 16.4. The molecule has 4 bridgehead atoms. The monoisotopic (exact) mass is 361 g/mol. The van der Waals surface area contributed by atoms with Crippen LogP contribution in [0.1, 0.15) is 65.2 Å². The third-order valence-electron chi connectivity index (χ3n) is 7.40. The van der Waals surface area contributed by atoms with Gasteiger partial charge >= 0.3 is 0 Å². The summed E-state index contributed by atoms with van der Waals surface area (Å²) < 4.78 is 0. The Bertz CT molecular complexity index is 518. The molecule has 3 N–H and O–H groups in total. The van der Waals surface area contributed by atoms with Crippen LogP contribution in [0.25, 0.3) is 0 Å². The SMILES string of the molecule is CC(C)C(NC(=O)C12CC3CC(CC(C3)C1)C2)C(=O)N[C@H]1CCCNC1. The van der Waals surface area contributed by atoms with Gasteiger partial charge in [-0.05, 0) is 81.6 Å². The second-order valence-corrected chi connectivity index (χ2v) is 9.94. The van der Waals surface area contributed by atoms with Gasteiger partial charge in [0.15, 0.2) is 0 Å². The van der Waals surface area contributed by atoms with Crippen LogP contribution in [0.15, 0.2) is 0 Å². The molecule has 0 spiro atoms. The predicted molar refractivity (Wildman–Crippen MR) is 101 cm³/mol. The van der Waals surface area contributed by atoms with Crippen LogP contribution in [0.5, 0.6) is 0 Å². The summed E-state index contributed by atoms with van der Waals surface area (Å²) in [6, 6.07) is -0.230. The van der Waals surface area contributed by atoms with Crippen LogP contribution in [0.3, 0.4) is 0 Å². The lowest BCUT2D eigenvalue weighted by Gasteiger charge is -2.55. The fourth-order valence-corrected chi connectivity index (χ4v) is 6.48. The number of hydrogen-bond acceptors (Lipinski definition) is 3. The van der Waals surface area contributed by atoms with E-state index in [1.165, 1.54) is 19.3 Å². The van der Waals surface area contributed by atoms with Crippen LogP contribution in [0.2, 0.25) is 0 Å². The topological polar surface area (TPSA) is 70.2 Å². The zero-order valence-corrected chi connectivity index (χ0v) is 16.4. The van der Waals surface area contributed by atoms with Gasteiger partial charge in [0.05, 0.1) is 0 Å². The van der Waals surface area contributed by atoms with Crippen LogP contribution in [0.4, 0.5) is 0 Å². The standard InChI is InChI=1S/C21H35N3O2/c1-13(2)18(19(25)23-17-4-3-5-22-12-17)24-20(26)21-9-14-6-15(10-21)8-16(7-14)11-21/h13-18,22H,3-12H2,1-2H3,(H,23,25)(H,24,26)/t14?,15?,16?,17-,18?,21?/m0/s1. The molecule has 5 aliphatic rings. The summed E-state index contributed by atoms with van der Waals surface area (Å²) in [4.78, 5) is 26.2. The Labute approximate surface area is 157 Å². The van der Waals surface area contributed by atoms with Gasteiger partial charge in [-0.25, -0.2) is 0 Å². The van der Waals surface area contributed by atoms with Crippen molar-refractivity contribution in [1.82, 2.24) is 16.0 Å². The first kappa shape index (κ1) is 18.3. The second kappa shape index (κ2) is 7.14. The molecule has 5 nitrogen and oxygen atoms in total. The van der Waals surface area contributed by atoms with Crippen molar-refractivity contribution in [3.05, 3.63) is 0 Å². The summed E-state index contributed by atoms with van der Waals surface area (Å²) in [5.74, 6) is 2.48. The number of amides is 2. The Balaban J connectivity index is 1.41. The van der Waals surface area contributed by atoms with Gasteiger partial charge in [0.1, 0.15) is 6.04 Å². The first-order valence-corrected chi connectivity index (χ1v) is 10.8. The molecule has 0 aromatic heterocycles. The quantitative estimate of drug-likeness (QED) is 0.703. The van der Waals surface area contributed by atoms with E-state index in [9.17, 15) is 9.59 Å². The number of carbonyl (C=O) groups is 2. The highest BCUT2D eigenvalue weighted by Gasteiger charge is 2.55. The number of carbonyl (C=O) groups excluding carboxylic acids is 2. The largest absolute Gasteiger partial charge is 0.350 e. The van der Waals surface area contributed by atoms with Crippen molar-refractivity contribution in [2.24, 2.45) is 29.1 Å². The van der Waals surface area contributed by atoms with Crippen molar-refractivity contribution in [3.63, 3.8) is 0 Å². The summed E-state index contributed by atoms with van der Waals surface area (Å²) in [6.45, 7) is 5.93. The Morgan fingerprint density at radius 3 is 2.15 bits per heavy atom. The average Bonchev–Trinajstić information content (AvgIpc) is 2.58. The van der Waals surface area contributed by atoms with E-state index in [2.05, 4.69) is 16.0 Å². The number of nitrogens with one attached hydrogen (secondary N) is 3. The van der Waals surface area contributed by atoms with E-state index >= 15 is 0 Å². The van der Waals surface area contributed by atoms with E-state index in [1.54, 1.807) is 0 Å². The molecule has 0 radical (unpaired) electrons. The van der Waals surface area contributed by atoms with Gasteiger partial charge in [0, 0.05) is 18.0 Å². The molecule has 5 heteroatoms. The van der Waals surface area contributed by atoms with Gasteiger partial charge in [-0.2, -0.15) is 0 Å². The molecule has 26 heavy (non-hydrogen) atoms. The predicted octanol–water partition coefficient (Wildman–Crippen LogP) is 2.21. The summed E-state index contributed by atoms with van der Waals surface area (Å²) in [5.41, 5.74) is -0.186. The van der Waals surface area contributed by atoms with Crippen molar-refractivity contribution in [3.8, 4) is 0 Å². The maximum Gasteiger partial charge on any atom is 0.243 e. The number of rotatable bonds is 5. The molecule has 5 rings (SSSR count). The van der Waals surface area contributed by atoms with E-state index < -0.39 is 6.04 Å². The van der Waals surface area contributed by atoms with Crippen LogP contribution in [-0.4, -0.2) is 37.0 Å². The lowest BCUT2D eigenvalue weighted by molar-refractivity contribution is -0.149. The Morgan fingerprint density at radius 1 is 1.04 bits per heavy atom. The Hall–Kier alpha value is -1.10. The minimum Gasteiger partial charge on any atom is -0.350 e. The molecule has 1 saturated heterocycles. The highest BCUT2D eigenvalue weighted by atomic mass is 16.2. The first-order valence-electron chi connectivity index (χ1n) is 10.8. The van der Waals surface area contributed by atoms with Gasteiger partial charge < -0.3 is 16.0 Å². The molecule has 0 aromatic carbocycles. The van der Waals surface area contributed by atoms with Crippen molar-refractivity contribution < 1.29 is 9.59 Å². The average molecular weight is 362 g/mol. The van der Waals surface area contributed by atoms with Gasteiger partial charge in [0.2, 0.25) is 11.8 Å². The van der Waals surface area contributed by atoms with Crippen LogP contribution in [-0.2, 0) is 9.59 Å². The van der Waals surface area contributed by atoms with Crippen molar-refractivity contribution in [2.45, 2.75) is 77.3 Å². The molecule has 1 aliphatic heterocycles. The maximum atomic E-state index is 13.3. The van der Waals surface area contributed by atoms with Gasteiger partial charge in [-0.1, -0.05) is 13.8 Å².